The first-order valence-corrected chi connectivity index (χ1v) is 7.71. The van der Waals surface area contributed by atoms with Crippen molar-refractivity contribution < 1.29 is 14.3 Å². The van der Waals surface area contributed by atoms with E-state index in [0.717, 1.165) is 11.8 Å². The molecule has 1 unspecified atom stereocenters. The summed E-state index contributed by atoms with van der Waals surface area (Å²) in [5.41, 5.74) is 0.935. The molecule has 2 aromatic rings. The molecular weight excluding hydrogens is 291 g/mol. The molecule has 0 aliphatic rings. The van der Waals surface area contributed by atoms with Gasteiger partial charge in [0.1, 0.15) is 5.52 Å². The second-order valence-electron chi connectivity index (χ2n) is 6.10. The number of carboxylic acid groups (broad SMARTS) is 1. The van der Waals surface area contributed by atoms with E-state index in [1.165, 1.54) is 6.07 Å². The summed E-state index contributed by atoms with van der Waals surface area (Å²) in [7, 11) is 0. The van der Waals surface area contributed by atoms with E-state index in [1.807, 2.05) is 17.6 Å². The summed E-state index contributed by atoms with van der Waals surface area (Å²) in [5.74, 6) is -1.39. The molecule has 1 aromatic heterocycles. The minimum atomic E-state index is -0.914. The lowest BCUT2D eigenvalue weighted by Crippen LogP contribution is -2.22. The Morgan fingerprint density at radius 2 is 2.14 bits per heavy atom. The molecule has 21 heavy (non-hydrogen) atoms. The van der Waals surface area contributed by atoms with Crippen molar-refractivity contribution in [2.24, 2.45) is 5.41 Å². The summed E-state index contributed by atoms with van der Waals surface area (Å²) in [5, 5.41) is 9.40. The van der Waals surface area contributed by atoms with Gasteiger partial charge < -0.3 is 9.67 Å². The molecule has 1 aromatic carbocycles. The summed E-state index contributed by atoms with van der Waals surface area (Å²) in [6, 6.07) is 4.89. The van der Waals surface area contributed by atoms with Crippen molar-refractivity contribution in [3.63, 3.8) is 0 Å². The zero-order chi connectivity index (χ0) is 15.8. The van der Waals surface area contributed by atoms with Crippen LogP contribution < -0.4 is 0 Å². The molecule has 0 aliphatic heterocycles. The van der Waals surface area contributed by atoms with Crippen molar-refractivity contribution in [1.82, 2.24) is 9.55 Å². The van der Waals surface area contributed by atoms with E-state index < -0.39 is 5.97 Å². The zero-order valence-electron chi connectivity index (χ0n) is 12.6. The number of carbonyl (C=O) groups is 1. The molecule has 1 N–H and O–H groups in total. The Morgan fingerprint density at radius 1 is 1.48 bits per heavy atom. The van der Waals surface area contributed by atoms with Gasteiger partial charge in [-0.2, -0.15) is 0 Å². The van der Waals surface area contributed by atoms with Crippen molar-refractivity contribution >= 4 is 28.8 Å². The lowest BCUT2D eigenvalue weighted by Gasteiger charge is -2.30. The van der Waals surface area contributed by atoms with Gasteiger partial charge in [0.15, 0.2) is 11.0 Å². The maximum atomic E-state index is 13.9. The molecule has 0 radical (unpaired) electrons. The Kier molecular flexibility index (Phi) is 4.27. The minimum Gasteiger partial charge on any atom is -0.481 e. The van der Waals surface area contributed by atoms with Crippen molar-refractivity contribution in [2.75, 3.05) is 5.75 Å². The van der Waals surface area contributed by atoms with Crippen LogP contribution in [-0.2, 0) is 4.79 Å². The number of para-hydroxylation sites is 1. The highest BCUT2D eigenvalue weighted by atomic mass is 32.2. The van der Waals surface area contributed by atoms with Crippen molar-refractivity contribution in [3.05, 3.63) is 24.0 Å². The van der Waals surface area contributed by atoms with E-state index in [0.29, 0.717) is 16.2 Å². The van der Waals surface area contributed by atoms with Gasteiger partial charge in [0.05, 0.1) is 11.3 Å². The molecule has 2 rings (SSSR count). The summed E-state index contributed by atoms with van der Waals surface area (Å²) >= 11 is 1.12. The number of halogens is 1. The standard InChI is InChI=1S/C15H19FN2O2S/c1-9(15(2,3)4)18-11-7-5-6-10(16)13(11)17-14(18)21-8-12(19)20/h5-7,9H,8H2,1-4H3,(H,19,20). The molecule has 114 valence electrons. The Morgan fingerprint density at radius 3 is 2.71 bits per heavy atom. The fourth-order valence-electron chi connectivity index (χ4n) is 2.05. The van der Waals surface area contributed by atoms with Crippen LogP contribution in [0.15, 0.2) is 23.4 Å². The highest BCUT2D eigenvalue weighted by molar-refractivity contribution is 7.99. The first-order chi connectivity index (χ1) is 9.71. The number of aliphatic carboxylic acids is 1. The van der Waals surface area contributed by atoms with Gasteiger partial charge in [-0.3, -0.25) is 4.79 Å². The number of hydrogen-bond acceptors (Lipinski definition) is 3. The van der Waals surface area contributed by atoms with E-state index in [4.69, 9.17) is 5.11 Å². The lowest BCUT2D eigenvalue weighted by atomic mass is 9.88. The average Bonchev–Trinajstić information content (AvgIpc) is 2.74. The molecular formula is C15H19FN2O2S. The predicted molar refractivity (Wildman–Crippen MR) is 82.2 cm³/mol. The van der Waals surface area contributed by atoms with Crippen LogP contribution in [0.25, 0.3) is 11.0 Å². The Hall–Kier alpha value is -1.56. The maximum absolute atomic E-state index is 13.9. The topological polar surface area (TPSA) is 55.1 Å². The highest BCUT2D eigenvalue weighted by Gasteiger charge is 2.27. The summed E-state index contributed by atoms with van der Waals surface area (Å²) in [6.07, 6.45) is 0. The first-order valence-electron chi connectivity index (χ1n) is 6.73. The van der Waals surface area contributed by atoms with Gasteiger partial charge in [-0.05, 0) is 24.5 Å². The third-order valence-corrected chi connectivity index (χ3v) is 4.54. The molecule has 0 saturated heterocycles. The summed E-state index contributed by atoms with van der Waals surface area (Å²) < 4.78 is 15.9. The van der Waals surface area contributed by atoms with Crippen molar-refractivity contribution in [1.29, 1.82) is 0 Å². The van der Waals surface area contributed by atoms with Crippen LogP contribution in [0, 0.1) is 11.2 Å². The third kappa shape index (κ3) is 3.20. The Balaban J connectivity index is 2.60. The van der Waals surface area contributed by atoms with Gasteiger partial charge in [-0.25, -0.2) is 9.37 Å². The van der Waals surface area contributed by atoms with Crippen molar-refractivity contribution in [3.8, 4) is 0 Å². The van der Waals surface area contributed by atoms with Gasteiger partial charge in [-0.15, -0.1) is 0 Å². The van der Waals surface area contributed by atoms with Crippen LogP contribution in [0.3, 0.4) is 0 Å². The molecule has 1 atom stereocenters. The van der Waals surface area contributed by atoms with E-state index in [2.05, 4.69) is 25.8 Å². The Bertz CT molecular complexity index is 676. The molecule has 0 saturated carbocycles. The fourth-order valence-corrected chi connectivity index (χ4v) is 2.86. The van der Waals surface area contributed by atoms with Gasteiger partial charge in [-0.1, -0.05) is 38.6 Å². The normalized spacial score (nSPS) is 13.6. The van der Waals surface area contributed by atoms with Crippen LogP contribution in [0.4, 0.5) is 4.39 Å². The maximum Gasteiger partial charge on any atom is 0.313 e. The van der Waals surface area contributed by atoms with Crippen LogP contribution in [-0.4, -0.2) is 26.4 Å². The molecule has 6 heteroatoms. The monoisotopic (exact) mass is 310 g/mol. The number of carboxylic acids is 1. The number of aromatic nitrogens is 2. The molecule has 1 heterocycles. The largest absolute Gasteiger partial charge is 0.481 e. The quantitative estimate of drug-likeness (QED) is 0.869. The highest BCUT2D eigenvalue weighted by Crippen LogP contribution is 2.37. The summed E-state index contributed by atoms with van der Waals surface area (Å²) in [4.78, 5) is 15.1. The number of nitrogens with zero attached hydrogens (tertiary/aromatic N) is 2. The fraction of sp³-hybridized carbons (Fsp3) is 0.467. The van der Waals surface area contributed by atoms with Gasteiger partial charge in [0.2, 0.25) is 0 Å². The lowest BCUT2D eigenvalue weighted by molar-refractivity contribution is -0.133. The molecule has 0 bridgehead atoms. The number of thioether (sulfide) groups is 1. The zero-order valence-corrected chi connectivity index (χ0v) is 13.4. The van der Waals surface area contributed by atoms with Crippen LogP contribution in [0.5, 0.6) is 0 Å². The van der Waals surface area contributed by atoms with Crippen LogP contribution >= 0.6 is 11.8 Å². The molecule has 0 spiro atoms. The first kappa shape index (κ1) is 15.8. The van der Waals surface area contributed by atoms with Crippen molar-refractivity contribution in [2.45, 2.75) is 38.9 Å². The second kappa shape index (κ2) is 5.67. The number of hydrogen-bond donors (Lipinski definition) is 1. The summed E-state index contributed by atoms with van der Waals surface area (Å²) in [6.45, 7) is 8.31. The smallest absolute Gasteiger partial charge is 0.313 e. The molecule has 0 fully saturated rings. The third-order valence-electron chi connectivity index (χ3n) is 3.60. The minimum absolute atomic E-state index is 0.0561. The van der Waals surface area contributed by atoms with E-state index in [-0.39, 0.29) is 23.0 Å². The van der Waals surface area contributed by atoms with Gasteiger partial charge in [0, 0.05) is 6.04 Å². The van der Waals surface area contributed by atoms with E-state index in [9.17, 15) is 9.18 Å². The molecule has 0 amide bonds. The van der Waals surface area contributed by atoms with E-state index in [1.54, 1.807) is 6.07 Å². The van der Waals surface area contributed by atoms with Crippen LogP contribution in [0.1, 0.15) is 33.7 Å². The number of rotatable bonds is 4. The predicted octanol–water partition coefficient (Wildman–Crippen LogP) is 3.96. The van der Waals surface area contributed by atoms with Crippen LogP contribution in [0.2, 0.25) is 0 Å². The number of benzene rings is 1. The second-order valence-corrected chi connectivity index (χ2v) is 7.04. The van der Waals surface area contributed by atoms with Gasteiger partial charge in [0.25, 0.3) is 0 Å². The number of imidazole rings is 1. The number of fused-ring (bicyclic) bond motifs is 1. The average molecular weight is 310 g/mol. The Labute approximate surface area is 127 Å². The molecule has 4 nitrogen and oxygen atoms in total. The van der Waals surface area contributed by atoms with Gasteiger partial charge >= 0.3 is 5.97 Å². The van der Waals surface area contributed by atoms with E-state index >= 15 is 0 Å². The molecule has 0 aliphatic carbocycles. The SMILES string of the molecule is CC(n1c(SCC(=O)O)nc2c(F)cccc21)C(C)(C)C.